The summed E-state index contributed by atoms with van der Waals surface area (Å²) < 4.78 is 46.6. The first kappa shape index (κ1) is 21.5. The van der Waals surface area contributed by atoms with E-state index in [0.29, 0.717) is 11.3 Å². The third kappa shape index (κ3) is 5.64. The Kier molecular flexibility index (Phi) is 6.47. The molecule has 1 heterocycles. The molecule has 9 heteroatoms. The van der Waals surface area contributed by atoms with Crippen molar-refractivity contribution in [2.75, 3.05) is 20.1 Å². The quantitative estimate of drug-likeness (QED) is 0.746. The van der Waals surface area contributed by atoms with Crippen molar-refractivity contribution in [1.29, 1.82) is 5.26 Å². The second-order valence-electron chi connectivity index (χ2n) is 6.93. The van der Waals surface area contributed by atoms with Crippen molar-refractivity contribution in [2.45, 2.75) is 19.5 Å². The molecule has 6 nitrogen and oxygen atoms in total. The molecule has 30 heavy (non-hydrogen) atoms. The lowest BCUT2D eigenvalue weighted by molar-refractivity contribution is -0.274. The first-order chi connectivity index (χ1) is 14.3. The van der Waals surface area contributed by atoms with E-state index in [4.69, 9.17) is 10.00 Å². The zero-order chi connectivity index (χ0) is 21.7. The molecule has 2 aromatic rings. The number of ether oxygens (including phenoxy) is 2. The molecule has 1 N–H and O–H groups in total. The average Bonchev–Trinajstić information content (AvgIpc) is 2.68. The summed E-state index contributed by atoms with van der Waals surface area (Å²) in [6, 6.07) is 13.0. The highest BCUT2D eigenvalue weighted by molar-refractivity contribution is 5.79. The second-order valence-corrected chi connectivity index (χ2v) is 6.93. The molecule has 0 bridgehead atoms. The third-order valence-corrected chi connectivity index (χ3v) is 4.70. The maximum Gasteiger partial charge on any atom is 0.573 e. The van der Waals surface area contributed by atoms with Crippen LogP contribution >= 0.6 is 0 Å². The molecule has 0 spiro atoms. The van der Waals surface area contributed by atoms with Crippen LogP contribution in [0.3, 0.4) is 0 Å². The van der Waals surface area contributed by atoms with E-state index in [1.54, 1.807) is 25.2 Å². The lowest BCUT2D eigenvalue weighted by Gasteiger charge is -2.38. The summed E-state index contributed by atoms with van der Waals surface area (Å²) in [6.07, 6.45) is -4.86. The molecule has 2 aromatic carbocycles. The number of nitrogens with zero attached hydrogens (tertiary/aromatic N) is 2. The van der Waals surface area contributed by atoms with Gasteiger partial charge in [0.25, 0.3) is 0 Å². The fourth-order valence-corrected chi connectivity index (χ4v) is 3.15. The Morgan fingerprint density at radius 3 is 2.47 bits per heavy atom. The van der Waals surface area contributed by atoms with Crippen molar-refractivity contribution in [2.24, 2.45) is 5.92 Å². The number of nitriles is 1. The number of hydrogen-bond acceptors (Lipinski definition) is 5. The largest absolute Gasteiger partial charge is 0.573 e. The third-order valence-electron chi connectivity index (χ3n) is 4.70. The number of hydrogen-bond donors (Lipinski definition) is 1. The number of benzene rings is 2. The average molecular weight is 419 g/mol. The van der Waals surface area contributed by atoms with Crippen molar-refractivity contribution in [3.63, 3.8) is 0 Å². The van der Waals surface area contributed by atoms with Crippen LogP contribution in [0.1, 0.15) is 16.7 Å². The van der Waals surface area contributed by atoms with Crippen molar-refractivity contribution >= 4 is 5.91 Å². The van der Waals surface area contributed by atoms with Crippen LogP contribution in [0.2, 0.25) is 0 Å². The van der Waals surface area contributed by atoms with E-state index in [1.165, 1.54) is 12.1 Å². The van der Waals surface area contributed by atoms with Crippen LogP contribution in [0.5, 0.6) is 11.5 Å². The summed E-state index contributed by atoms with van der Waals surface area (Å²) in [5.74, 6) is 0.166. The number of carbonyl (C=O) groups excluding carboxylic acids is 1. The minimum absolute atomic E-state index is 0.0452. The molecule has 0 unspecified atom stereocenters. The molecular formula is C21H20F3N3O3. The predicted molar refractivity (Wildman–Crippen MR) is 101 cm³/mol. The van der Waals surface area contributed by atoms with E-state index in [9.17, 15) is 18.0 Å². The van der Waals surface area contributed by atoms with Crippen molar-refractivity contribution < 1.29 is 27.4 Å². The van der Waals surface area contributed by atoms with E-state index >= 15 is 0 Å². The van der Waals surface area contributed by atoms with Gasteiger partial charge >= 0.3 is 6.36 Å². The molecule has 1 aliphatic heterocycles. The first-order valence-corrected chi connectivity index (χ1v) is 9.22. The topological polar surface area (TPSA) is 74.6 Å². The van der Waals surface area contributed by atoms with Crippen LogP contribution in [0, 0.1) is 17.2 Å². The van der Waals surface area contributed by atoms with Gasteiger partial charge in [-0.2, -0.15) is 5.26 Å². The number of halogens is 3. The van der Waals surface area contributed by atoms with Crippen molar-refractivity contribution in [1.82, 2.24) is 10.2 Å². The second kappa shape index (κ2) is 9.05. The fraction of sp³-hybridized carbons (Fsp3) is 0.333. The zero-order valence-electron chi connectivity index (χ0n) is 16.2. The molecule has 1 amide bonds. The lowest BCUT2D eigenvalue weighted by atomic mass is 9.98. The maximum atomic E-state index is 12.4. The summed E-state index contributed by atoms with van der Waals surface area (Å²) in [5, 5.41) is 11.7. The fourth-order valence-electron chi connectivity index (χ4n) is 3.15. The Balaban J connectivity index is 1.52. The van der Waals surface area contributed by atoms with Gasteiger partial charge in [0.05, 0.1) is 11.5 Å². The van der Waals surface area contributed by atoms with Gasteiger partial charge in [-0.05, 0) is 35.4 Å². The molecule has 158 valence electrons. The smallest absolute Gasteiger partial charge is 0.489 e. The van der Waals surface area contributed by atoms with E-state index in [-0.39, 0.29) is 24.0 Å². The van der Waals surface area contributed by atoms with Gasteiger partial charge in [0.1, 0.15) is 24.2 Å². The van der Waals surface area contributed by atoms with Gasteiger partial charge < -0.3 is 14.8 Å². The van der Waals surface area contributed by atoms with E-state index in [0.717, 1.165) is 31.3 Å². The molecule has 0 aliphatic carbocycles. The number of alkyl halides is 3. The summed E-state index contributed by atoms with van der Waals surface area (Å²) in [7, 11) is 1.63. The Bertz CT molecular complexity index is 933. The van der Waals surface area contributed by atoms with Crippen molar-refractivity contribution in [3.05, 3.63) is 59.2 Å². The molecule has 0 atom stereocenters. The van der Waals surface area contributed by atoms with Crippen molar-refractivity contribution in [3.8, 4) is 17.6 Å². The molecule has 1 aliphatic rings. The van der Waals surface area contributed by atoms with Gasteiger partial charge in [0.2, 0.25) is 5.91 Å². The highest BCUT2D eigenvalue weighted by Crippen LogP contribution is 2.27. The Hall–Kier alpha value is -3.25. The molecular weight excluding hydrogens is 399 g/mol. The number of rotatable bonds is 7. The molecule has 0 aromatic heterocycles. The van der Waals surface area contributed by atoms with Gasteiger partial charge in [-0.25, -0.2) is 0 Å². The number of amides is 1. The van der Waals surface area contributed by atoms with Crippen LogP contribution in [0.25, 0.3) is 0 Å². The van der Waals surface area contributed by atoms with Crippen LogP contribution < -0.4 is 14.8 Å². The molecule has 1 fully saturated rings. The summed E-state index contributed by atoms with van der Waals surface area (Å²) >= 11 is 0. The lowest BCUT2D eigenvalue weighted by Crippen LogP contribution is -2.52. The highest BCUT2D eigenvalue weighted by atomic mass is 19.4. The standard InChI is InChI=1S/C21H20F3N3O3/c1-26-20(28)17-11-27(12-17)10-14-2-5-18(6-3-14)29-13-15-4-7-19(16(8-15)9-25)30-21(22,23)24/h2-8,17H,10-13H2,1H3,(H,26,28). The molecule has 1 saturated heterocycles. The minimum Gasteiger partial charge on any atom is -0.489 e. The van der Waals surface area contributed by atoms with Gasteiger partial charge in [-0.3, -0.25) is 9.69 Å². The molecule has 3 rings (SSSR count). The van der Waals surface area contributed by atoms with Gasteiger partial charge in [-0.1, -0.05) is 18.2 Å². The SMILES string of the molecule is CNC(=O)C1CN(Cc2ccc(OCc3ccc(OC(F)(F)F)c(C#N)c3)cc2)C1. The summed E-state index contributed by atoms with van der Waals surface area (Å²) in [5.41, 5.74) is 1.41. The Morgan fingerprint density at radius 2 is 1.87 bits per heavy atom. The Labute approximate surface area is 171 Å². The Morgan fingerprint density at radius 1 is 1.20 bits per heavy atom. The van der Waals surface area contributed by atoms with Crippen LogP contribution in [-0.2, 0) is 17.9 Å². The predicted octanol–water partition coefficient (Wildman–Crippen LogP) is 3.21. The van der Waals surface area contributed by atoms with Crippen LogP contribution in [0.4, 0.5) is 13.2 Å². The van der Waals surface area contributed by atoms with Gasteiger partial charge in [0.15, 0.2) is 0 Å². The first-order valence-electron chi connectivity index (χ1n) is 9.22. The number of carbonyl (C=O) groups is 1. The monoisotopic (exact) mass is 419 g/mol. The maximum absolute atomic E-state index is 12.4. The summed E-state index contributed by atoms with van der Waals surface area (Å²) in [4.78, 5) is 13.7. The number of likely N-dealkylation sites (tertiary alicyclic amines) is 1. The zero-order valence-corrected chi connectivity index (χ0v) is 16.2. The van der Waals surface area contributed by atoms with Crippen LogP contribution in [-0.4, -0.2) is 37.3 Å². The van der Waals surface area contributed by atoms with Gasteiger partial charge in [-0.15, -0.1) is 13.2 Å². The van der Waals surface area contributed by atoms with Crippen LogP contribution in [0.15, 0.2) is 42.5 Å². The molecule has 0 saturated carbocycles. The van der Waals surface area contributed by atoms with Gasteiger partial charge in [0, 0.05) is 26.7 Å². The number of nitrogens with one attached hydrogen (secondary N) is 1. The van der Waals surface area contributed by atoms with E-state index in [2.05, 4.69) is 15.0 Å². The van der Waals surface area contributed by atoms with E-state index < -0.39 is 12.1 Å². The normalized spacial score (nSPS) is 14.5. The van der Waals surface area contributed by atoms with E-state index in [1.807, 2.05) is 12.1 Å². The summed E-state index contributed by atoms with van der Waals surface area (Å²) in [6.45, 7) is 2.29. The minimum atomic E-state index is -4.86. The molecule has 0 radical (unpaired) electrons. The highest BCUT2D eigenvalue weighted by Gasteiger charge is 2.32.